The number of esters is 1. The number of carbonyl (C=O) groups excluding carboxylic acids is 1. The van der Waals surface area contributed by atoms with Crippen LogP contribution >= 0.6 is 0 Å². The zero-order valence-corrected chi connectivity index (χ0v) is 17.9. The van der Waals surface area contributed by atoms with Gasteiger partial charge in [-0.3, -0.25) is 0 Å². The monoisotopic (exact) mass is 380 g/mol. The van der Waals surface area contributed by atoms with E-state index in [0.29, 0.717) is 12.3 Å². The summed E-state index contributed by atoms with van der Waals surface area (Å²) in [6, 6.07) is 1.96. The third-order valence-electron chi connectivity index (χ3n) is 5.24. The highest BCUT2D eigenvalue weighted by Crippen LogP contribution is 2.37. The molecule has 1 atom stereocenters. The van der Waals surface area contributed by atoms with Crippen LogP contribution in [0.25, 0.3) is 6.08 Å². The van der Waals surface area contributed by atoms with Crippen molar-refractivity contribution in [1.29, 1.82) is 0 Å². The number of rotatable bonds is 6. The molecular formula is C19H32N2O4Si. The number of methoxy groups -OCH3 is 1. The van der Waals surface area contributed by atoms with Gasteiger partial charge in [0.2, 0.25) is 0 Å². The molecule has 0 N–H and O–H groups in total. The third-order valence-corrected chi connectivity index (χ3v) is 9.72. The van der Waals surface area contributed by atoms with Crippen molar-refractivity contribution in [3.63, 3.8) is 0 Å². The van der Waals surface area contributed by atoms with Crippen LogP contribution in [-0.2, 0) is 25.3 Å². The predicted molar refractivity (Wildman–Crippen MR) is 104 cm³/mol. The van der Waals surface area contributed by atoms with E-state index < -0.39 is 14.3 Å². The minimum atomic E-state index is -1.87. The van der Waals surface area contributed by atoms with Crippen LogP contribution in [0.4, 0.5) is 0 Å². The van der Waals surface area contributed by atoms with Gasteiger partial charge in [0.05, 0.1) is 25.1 Å². The average Bonchev–Trinajstić information content (AvgIpc) is 3.01. The number of hydrogen-bond donors (Lipinski definition) is 0. The Bertz CT molecular complexity index is 640. The van der Waals surface area contributed by atoms with Crippen molar-refractivity contribution in [1.82, 2.24) is 9.78 Å². The van der Waals surface area contributed by atoms with Crippen molar-refractivity contribution in [3.05, 3.63) is 23.5 Å². The van der Waals surface area contributed by atoms with Gasteiger partial charge in [-0.1, -0.05) is 20.8 Å². The van der Waals surface area contributed by atoms with Gasteiger partial charge >= 0.3 is 5.97 Å². The summed E-state index contributed by atoms with van der Waals surface area (Å²) in [7, 11) is -0.506. The fourth-order valence-corrected chi connectivity index (χ4v) is 3.44. The van der Waals surface area contributed by atoms with Gasteiger partial charge < -0.3 is 13.9 Å². The van der Waals surface area contributed by atoms with Crippen molar-refractivity contribution in [3.8, 4) is 0 Å². The van der Waals surface area contributed by atoms with E-state index >= 15 is 0 Å². The molecule has 1 aliphatic heterocycles. The van der Waals surface area contributed by atoms with Gasteiger partial charge in [0.1, 0.15) is 0 Å². The Labute approximate surface area is 157 Å². The Hall–Kier alpha value is -1.44. The molecule has 0 amide bonds. The highest BCUT2D eigenvalue weighted by atomic mass is 28.4. The molecule has 0 bridgehead atoms. The first-order valence-corrected chi connectivity index (χ1v) is 12.1. The van der Waals surface area contributed by atoms with Crippen LogP contribution in [0.3, 0.4) is 0 Å². The first kappa shape index (κ1) is 20.9. The van der Waals surface area contributed by atoms with Crippen LogP contribution in [0.1, 0.15) is 57.6 Å². The number of carbonyl (C=O) groups is 1. The SMILES string of the molecule is COC(=O)/C=C/c1cc(CO[Si](C)(C)C(C)(C)C)n(C2CCCCO2)n1. The Morgan fingerprint density at radius 2 is 2.15 bits per heavy atom. The molecule has 2 heterocycles. The Kier molecular flexibility index (Phi) is 6.82. The topological polar surface area (TPSA) is 62.6 Å². The number of hydrogen-bond acceptors (Lipinski definition) is 5. The van der Waals surface area contributed by atoms with Crippen LogP contribution in [0, 0.1) is 0 Å². The van der Waals surface area contributed by atoms with E-state index in [2.05, 4.69) is 43.7 Å². The smallest absolute Gasteiger partial charge is 0.330 e. The van der Waals surface area contributed by atoms with Crippen LogP contribution in [0.2, 0.25) is 18.1 Å². The molecule has 1 saturated heterocycles. The molecule has 1 unspecified atom stereocenters. The van der Waals surface area contributed by atoms with Gasteiger partial charge in [-0.15, -0.1) is 0 Å². The Balaban J connectivity index is 2.22. The van der Waals surface area contributed by atoms with E-state index in [-0.39, 0.29) is 11.3 Å². The zero-order chi connectivity index (χ0) is 19.4. The van der Waals surface area contributed by atoms with Crippen LogP contribution in [0.15, 0.2) is 12.1 Å². The van der Waals surface area contributed by atoms with Crippen molar-refractivity contribution in [2.24, 2.45) is 0 Å². The molecule has 0 aromatic carbocycles. The summed E-state index contributed by atoms with van der Waals surface area (Å²) in [5, 5.41) is 4.78. The van der Waals surface area contributed by atoms with Gasteiger partial charge in [-0.2, -0.15) is 5.10 Å². The van der Waals surface area contributed by atoms with Crippen molar-refractivity contribution < 1.29 is 18.7 Å². The lowest BCUT2D eigenvalue weighted by molar-refractivity contribution is -0.134. The zero-order valence-electron chi connectivity index (χ0n) is 16.9. The van der Waals surface area contributed by atoms with Gasteiger partial charge in [0.25, 0.3) is 0 Å². The first-order valence-electron chi connectivity index (χ1n) is 9.24. The number of aromatic nitrogens is 2. The van der Waals surface area contributed by atoms with E-state index in [1.54, 1.807) is 6.08 Å². The number of nitrogens with zero attached hydrogens (tertiary/aromatic N) is 2. The second-order valence-electron chi connectivity index (χ2n) is 8.23. The van der Waals surface area contributed by atoms with Crippen LogP contribution in [-0.4, -0.2) is 37.8 Å². The molecule has 0 spiro atoms. The molecule has 146 valence electrons. The lowest BCUT2D eigenvalue weighted by Crippen LogP contribution is -2.40. The molecule has 0 radical (unpaired) electrons. The van der Waals surface area contributed by atoms with Crippen molar-refractivity contribution >= 4 is 20.4 Å². The summed E-state index contributed by atoms with van der Waals surface area (Å²) in [6.07, 6.45) is 6.13. The highest BCUT2D eigenvalue weighted by Gasteiger charge is 2.37. The average molecular weight is 381 g/mol. The summed E-state index contributed by atoms with van der Waals surface area (Å²) >= 11 is 0. The lowest BCUT2D eigenvalue weighted by Gasteiger charge is -2.36. The molecule has 6 nitrogen and oxygen atoms in total. The standard InChI is InChI=1S/C19H32N2O4Si/c1-19(2,3)26(5,6)25-14-16-13-15(10-11-18(22)23-4)20-21(16)17-9-7-8-12-24-17/h10-11,13,17H,7-9,12,14H2,1-6H3/b11-10+. The maximum absolute atomic E-state index is 11.4. The minimum Gasteiger partial charge on any atom is -0.466 e. The first-order chi connectivity index (χ1) is 12.1. The van der Waals surface area contributed by atoms with E-state index in [1.807, 2.05) is 10.7 Å². The van der Waals surface area contributed by atoms with Gasteiger partial charge in [-0.05, 0) is 49.5 Å². The third kappa shape index (κ3) is 5.28. The summed E-state index contributed by atoms with van der Waals surface area (Å²) in [6.45, 7) is 12.4. The highest BCUT2D eigenvalue weighted by molar-refractivity contribution is 6.74. The van der Waals surface area contributed by atoms with Crippen molar-refractivity contribution in [2.45, 2.75) is 71.0 Å². The fourth-order valence-electron chi connectivity index (χ4n) is 2.50. The molecular weight excluding hydrogens is 348 g/mol. The fraction of sp³-hybridized carbons (Fsp3) is 0.684. The van der Waals surface area contributed by atoms with Crippen molar-refractivity contribution in [2.75, 3.05) is 13.7 Å². The number of ether oxygens (including phenoxy) is 2. The van der Waals surface area contributed by atoms with Gasteiger partial charge in [-0.25, -0.2) is 9.48 Å². The van der Waals surface area contributed by atoms with Gasteiger partial charge in [0.15, 0.2) is 14.5 Å². The molecule has 7 heteroatoms. The summed E-state index contributed by atoms with van der Waals surface area (Å²) in [5.74, 6) is -0.396. The molecule has 1 aromatic rings. The van der Waals surface area contributed by atoms with Gasteiger partial charge in [0, 0.05) is 12.7 Å². The predicted octanol–water partition coefficient (Wildman–Crippen LogP) is 4.29. The minimum absolute atomic E-state index is 0.0676. The molecule has 2 rings (SSSR count). The van der Waals surface area contributed by atoms with E-state index in [0.717, 1.165) is 31.6 Å². The summed E-state index contributed by atoms with van der Waals surface area (Å²) in [5.41, 5.74) is 1.68. The van der Waals surface area contributed by atoms with Crippen LogP contribution < -0.4 is 0 Å². The largest absolute Gasteiger partial charge is 0.466 e. The lowest BCUT2D eigenvalue weighted by atomic mass is 10.2. The molecule has 26 heavy (non-hydrogen) atoms. The Morgan fingerprint density at radius 1 is 1.42 bits per heavy atom. The maximum atomic E-state index is 11.4. The Morgan fingerprint density at radius 3 is 2.73 bits per heavy atom. The van der Waals surface area contributed by atoms with E-state index in [4.69, 9.17) is 9.16 Å². The molecule has 1 aromatic heterocycles. The molecule has 1 fully saturated rings. The van der Waals surface area contributed by atoms with E-state index in [9.17, 15) is 4.79 Å². The summed E-state index contributed by atoms with van der Waals surface area (Å²) < 4.78 is 18.9. The second-order valence-corrected chi connectivity index (χ2v) is 13.0. The molecule has 0 aliphatic carbocycles. The second kappa shape index (κ2) is 8.50. The van der Waals surface area contributed by atoms with E-state index in [1.165, 1.54) is 13.2 Å². The summed E-state index contributed by atoms with van der Waals surface area (Å²) in [4.78, 5) is 11.4. The quantitative estimate of drug-likeness (QED) is 0.418. The normalized spacial score (nSPS) is 19.1. The molecule has 1 aliphatic rings. The molecule has 0 saturated carbocycles. The maximum Gasteiger partial charge on any atom is 0.330 e. The van der Waals surface area contributed by atoms with Crippen LogP contribution in [0.5, 0.6) is 0 Å².